The highest BCUT2D eigenvalue weighted by Gasteiger charge is 2.30. The molecule has 4 rings (SSSR count). The van der Waals surface area contributed by atoms with Crippen molar-refractivity contribution < 1.29 is 14.0 Å². The highest BCUT2D eigenvalue weighted by atomic mass is 32.2. The molecule has 2 amide bonds. The van der Waals surface area contributed by atoms with E-state index in [1.807, 2.05) is 62.4 Å². The van der Waals surface area contributed by atoms with Crippen LogP contribution in [0.4, 0.5) is 10.1 Å². The van der Waals surface area contributed by atoms with Crippen LogP contribution in [0.15, 0.2) is 82.6 Å². The highest BCUT2D eigenvalue weighted by molar-refractivity contribution is 8.04. The second kappa shape index (κ2) is 10.0. The Morgan fingerprint density at radius 2 is 1.70 bits per heavy atom. The molecule has 0 aromatic heterocycles. The molecule has 0 atom stereocenters. The summed E-state index contributed by atoms with van der Waals surface area (Å²) in [4.78, 5) is 31.4. The number of amides is 2. The molecule has 168 valence electrons. The summed E-state index contributed by atoms with van der Waals surface area (Å²) in [5, 5.41) is 0. The van der Waals surface area contributed by atoms with E-state index in [-0.39, 0.29) is 24.2 Å². The summed E-state index contributed by atoms with van der Waals surface area (Å²) in [6.07, 6.45) is 1.88. The lowest BCUT2D eigenvalue weighted by Gasteiger charge is -2.31. The Bertz CT molecular complexity index is 1190. The van der Waals surface area contributed by atoms with E-state index in [1.165, 1.54) is 23.9 Å². The molecule has 0 saturated carbocycles. The minimum Gasteiger partial charge on any atom is -0.339 e. The zero-order valence-corrected chi connectivity index (χ0v) is 19.4. The van der Waals surface area contributed by atoms with E-state index in [9.17, 15) is 14.0 Å². The zero-order chi connectivity index (χ0) is 23.4. The Morgan fingerprint density at radius 3 is 2.36 bits per heavy atom. The predicted molar refractivity (Wildman–Crippen MR) is 132 cm³/mol. The smallest absolute Gasteiger partial charge is 0.265 e. The number of hydrogen-bond acceptors (Lipinski definition) is 3. The van der Waals surface area contributed by atoms with E-state index in [2.05, 4.69) is 0 Å². The molecule has 0 N–H and O–H groups in total. The molecule has 0 bridgehead atoms. The maximum Gasteiger partial charge on any atom is 0.265 e. The first-order valence-corrected chi connectivity index (χ1v) is 11.8. The maximum absolute atomic E-state index is 13.6. The number of carbonyl (C=O) groups excluding carboxylic acids is 2. The largest absolute Gasteiger partial charge is 0.339 e. The fourth-order valence-electron chi connectivity index (χ4n) is 3.77. The summed E-state index contributed by atoms with van der Waals surface area (Å²) in [5.41, 5.74) is 2.98. The normalized spacial score (nSPS) is 14.3. The molecule has 3 aromatic rings. The number of thioether (sulfide) groups is 1. The van der Waals surface area contributed by atoms with Gasteiger partial charge in [-0.1, -0.05) is 54.2 Å². The Labute approximate surface area is 197 Å². The molecule has 1 aliphatic rings. The van der Waals surface area contributed by atoms with Crippen LogP contribution in [0.3, 0.4) is 0 Å². The molecule has 33 heavy (non-hydrogen) atoms. The summed E-state index contributed by atoms with van der Waals surface area (Å²) >= 11 is 1.40. The third-order valence-electron chi connectivity index (χ3n) is 5.57. The molecule has 3 aromatic carbocycles. The summed E-state index contributed by atoms with van der Waals surface area (Å²) in [5.74, 6) is -0.530. The predicted octanol–water partition coefficient (Wildman–Crippen LogP) is 5.99. The number of carbonyl (C=O) groups is 2. The van der Waals surface area contributed by atoms with Crippen LogP contribution < -0.4 is 4.90 Å². The van der Waals surface area contributed by atoms with Gasteiger partial charge in [-0.3, -0.25) is 9.59 Å². The average Bonchev–Trinajstić information content (AvgIpc) is 2.84. The van der Waals surface area contributed by atoms with Crippen molar-refractivity contribution in [3.8, 4) is 0 Å². The molecule has 0 aliphatic carbocycles. The molecule has 4 nitrogen and oxygen atoms in total. The van der Waals surface area contributed by atoms with Crippen molar-refractivity contribution in [1.29, 1.82) is 0 Å². The Hall–Kier alpha value is -3.38. The second-order valence-electron chi connectivity index (χ2n) is 7.70. The van der Waals surface area contributed by atoms with Gasteiger partial charge in [0, 0.05) is 23.5 Å². The summed E-state index contributed by atoms with van der Waals surface area (Å²) in [6, 6.07) is 21.3. The topological polar surface area (TPSA) is 40.6 Å². The monoisotopic (exact) mass is 460 g/mol. The van der Waals surface area contributed by atoms with Crippen LogP contribution in [0.5, 0.6) is 0 Å². The van der Waals surface area contributed by atoms with Crippen LogP contribution in [0.1, 0.15) is 35.3 Å². The van der Waals surface area contributed by atoms with Gasteiger partial charge in [0.15, 0.2) is 0 Å². The van der Waals surface area contributed by atoms with Gasteiger partial charge in [0.05, 0.1) is 17.1 Å². The van der Waals surface area contributed by atoms with Crippen LogP contribution in [-0.2, 0) is 11.3 Å². The van der Waals surface area contributed by atoms with Crippen LogP contribution in [0, 0.1) is 5.82 Å². The van der Waals surface area contributed by atoms with E-state index >= 15 is 0 Å². The van der Waals surface area contributed by atoms with Crippen molar-refractivity contribution >= 4 is 35.3 Å². The van der Waals surface area contributed by atoms with Gasteiger partial charge in [0.2, 0.25) is 0 Å². The second-order valence-corrected chi connectivity index (χ2v) is 8.78. The van der Waals surface area contributed by atoms with Crippen LogP contribution in [0.25, 0.3) is 6.08 Å². The number of benzene rings is 3. The number of anilines is 1. The molecule has 0 unspecified atom stereocenters. The fourth-order valence-corrected chi connectivity index (χ4v) is 4.81. The van der Waals surface area contributed by atoms with Crippen molar-refractivity contribution in [2.45, 2.75) is 25.3 Å². The Balaban J connectivity index is 1.76. The third kappa shape index (κ3) is 5.01. The Kier molecular flexibility index (Phi) is 6.94. The number of rotatable bonds is 6. The molecule has 1 heterocycles. The van der Waals surface area contributed by atoms with Crippen LogP contribution in [0.2, 0.25) is 0 Å². The number of hydrogen-bond donors (Lipinski definition) is 0. The SMILES string of the molecule is CCN(CC)C(=O)c1ccc2c(c1)N(Cc1ccc(F)cc1)C(=O)/C(=C/c1ccccc1)S2. The number of nitrogens with zero attached hydrogens (tertiary/aromatic N) is 2. The zero-order valence-electron chi connectivity index (χ0n) is 18.6. The molecular weight excluding hydrogens is 435 g/mol. The van der Waals surface area contributed by atoms with Crippen molar-refractivity contribution in [1.82, 2.24) is 4.90 Å². The number of fused-ring (bicyclic) bond motifs is 1. The van der Waals surface area contributed by atoms with Gasteiger partial charge < -0.3 is 9.80 Å². The van der Waals surface area contributed by atoms with Gasteiger partial charge in [-0.2, -0.15) is 0 Å². The first kappa shape index (κ1) is 22.8. The molecule has 0 spiro atoms. The van der Waals surface area contributed by atoms with E-state index in [0.29, 0.717) is 29.2 Å². The van der Waals surface area contributed by atoms with Gasteiger partial charge in [-0.05, 0) is 61.4 Å². The average molecular weight is 461 g/mol. The first-order chi connectivity index (χ1) is 16.0. The van der Waals surface area contributed by atoms with Gasteiger partial charge in [-0.25, -0.2) is 4.39 Å². The standard InChI is InChI=1S/C27H25FN2O2S/c1-3-29(4-2)26(31)21-12-15-24-23(17-21)30(18-20-10-13-22(28)14-11-20)27(32)25(33-24)16-19-8-6-5-7-9-19/h5-17H,3-4,18H2,1-2H3/b25-16-. The van der Waals surface area contributed by atoms with E-state index < -0.39 is 0 Å². The summed E-state index contributed by atoms with van der Waals surface area (Å²) < 4.78 is 13.4. The van der Waals surface area contributed by atoms with Crippen LogP contribution in [-0.4, -0.2) is 29.8 Å². The molecule has 0 fully saturated rings. The van der Waals surface area contributed by atoms with Gasteiger partial charge in [-0.15, -0.1) is 0 Å². The Morgan fingerprint density at radius 1 is 1.00 bits per heavy atom. The molecular formula is C27H25FN2O2S. The minimum absolute atomic E-state index is 0.0624. The molecule has 0 radical (unpaired) electrons. The van der Waals surface area contributed by atoms with Crippen molar-refractivity contribution in [3.63, 3.8) is 0 Å². The molecule has 0 saturated heterocycles. The summed E-state index contributed by atoms with van der Waals surface area (Å²) in [6.45, 7) is 5.40. The van der Waals surface area contributed by atoms with E-state index in [1.54, 1.807) is 28.0 Å². The summed E-state index contributed by atoms with van der Waals surface area (Å²) in [7, 11) is 0. The van der Waals surface area contributed by atoms with Gasteiger partial charge in [0.1, 0.15) is 5.82 Å². The minimum atomic E-state index is -0.323. The van der Waals surface area contributed by atoms with Gasteiger partial charge >= 0.3 is 0 Å². The lowest BCUT2D eigenvalue weighted by Crippen LogP contribution is -2.35. The quantitative estimate of drug-likeness (QED) is 0.425. The van der Waals surface area contributed by atoms with Crippen molar-refractivity contribution in [2.24, 2.45) is 0 Å². The molecule has 1 aliphatic heterocycles. The first-order valence-electron chi connectivity index (χ1n) is 10.9. The van der Waals surface area contributed by atoms with E-state index in [4.69, 9.17) is 0 Å². The maximum atomic E-state index is 13.6. The molecule has 6 heteroatoms. The fraction of sp³-hybridized carbons (Fsp3) is 0.185. The lowest BCUT2D eigenvalue weighted by molar-refractivity contribution is -0.114. The van der Waals surface area contributed by atoms with E-state index in [0.717, 1.165) is 16.0 Å². The van der Waals surface area contributed by atoms with Crippen molar-refractivity contribution in [3.05, 3.63) is 100 Å². The van der Waals surface area contributed by atoms with Gasteiger partial charge in [0.25, 0.3) is 11.8 Å². The number of halogens is 1. The van der Waals surface area contributed by atoms with Crippen LogP contribution >= 0.6 is 11.8 Å². The van der Waals surface area contributed by atoms with Crippen molar-refractivity contribution in [2.75, 3.05) is 18.0 Å². The highest BCUT2D eigenvalue weighted by Crippen LogP contribution is 2.43. The lowest BCUT2D eigenvalue weighted by atomic mass is 10.1. The third-order valence-corrected chi connectivity index (χ3v) is 6.65.